The predicted molar refractivity (Wildman–Crippen MR) is 94.7 cm³/mol. The number of urea groups is 1. The highest BCUT2D eigenvalue weighted by molar-refractivity contribution is 5.97. The number of ether oxygens (including phenoxy) is 2. The third-order valence-electron chi connectivity index (χ3n) is 4.35. The Morgan fingerprint density at radius 1 is 1.12 bits per heavy atom. The average Bonchev–Trinajstić information content (AvgIpc) is 3.09. The molecule has 7 nitrogen and oxygen atoms in total. The standard InChI is InChI=1S/C19H17N3O4/c1-11-16(18(23)21-13-5-3-2-4-6-13)17(22-19(24)20-11)12-7-8-14-15(9-12)26-10-25-14/h2-9,16-17H,1,10H2,(H,21,23)(H2,20,22,24). The molecule has 2 heterocycles. The van der Waals surface area contributed by atoms with Crippen molar-refractivity contribution in [1.82, 2.24) is 10.6 Å². The Balaban J connectivity index is 1.64. The van der Waals surface area contributed by atoms with Crippen molar-refractivity contribution < 1.29 is 19.1 Å². The molecule has 7 heteroatoms. The van der Waals surface area contributed by atoms with Gasteiger partial charge in [-0.3, -0.25) is 4.79 Å². The molecule has 0 spiro atoms. The molecule has 26 heavy (non-hydrogen) atoms. The van der Waals surface area contributed by atoms with E-state index in [1.807, 2.05) is 18.2 Å². The van der Waals surface area contributed by atoms with Crippen LogP contribution in [-0.4, -0.2) is 18.7 Å². The number of para-hydroxylation sites is 1. The van der Waals surface area contributed by atoms with Gasteiger partial charge in [-0.1, -0.05) is 30.8 Å². The summed E-state index contributed by atoms with van der Waals surface area (Å²) in [7, 11) is 0. The lowest BCUT2D eigenvalue weighted by molar-refractivity contribution is -0.119. The van der Waals surface area contributed by atoms with Crippen LogP contribution in [-0.2, 0) is 4.79 Å². The number of benzene rings is 2. The Hall–Kier alpha value is -3.48. The van der Waals surface area contributed by atoms with Crippen molar-refractivity contribution in [3.05, 3.63) is 66.4 Å². The second-order valence-corrected chi connectivity index (χ2v) is 6.05. The molecule has 2 aliphatic rings. The van der Waals surface area contributed by atoms with Gasteiger partial charge < -0.3 is 25.4 Å². The summed E-state index contributed by atoms with van der Waals surface area (Å²) in [5, 5.41) is 8.25. The first-order valence-corrected chi connectivity index (χ1v) is 8.13. The summed E-state index contributed by atoms with van der Waals surface area (Å²) in [5.41, 5.74) is 1.75. The summed E-state index contributed by atoms with van der Waals surface area (Å²) in [6, 6.07) is 13.5. The number of fused-ring (bicyclic) bond motifs is 1. The van der Waals surface area contributed by atoms with Crippen molar-refractivity contribution in [1.29, 1.82) is 0 Å². The van der Waals surface area contributed by atoms with E-state index in [-0.39, 0.29) is 12.7 Å². The van der Waals surface area contributed by atoms with E-state index in [9.17, 15) is 9.59 Å². The van der Waals surface area contributed by atoms with Gasteiger partial charge in [-0.15, -0.1) is 0 Å². The fraction of sp³-hybridized carbons (Fsp3) is 0.158. The molecule has 0 aliphatic carbocycles. The molecule has 0 radical (unpaired) electrons. The molecular formula is C19H17N3O4. The maximum absolute atomic E-state index is 12.9. The second kappa shape index (κ2) is 6.44. The first kappa shape index (κ1) is 16.0. The molecular weight excluding hydrogens is 334 g/mol. The molecule has 2 unspecified atom stereocenters. The lowest BCUT2D eigenvalue weighted by atomic mass is 9.88. The monoisotopic (exact) mass is 351 g/mol. The number of nitrogens with one attached hydrogen (secondary N) is 3. The molecule has 4 rings (SSSR count). The number of carbonyl (C=O) groups excluding carboxylic acids is 2. The molecule has 2 aromatic carbocycles. The van der Waals surface area contributed by atoms with E-state index < -0.39 is 18.0 Å². The quantitative estimate of drug-likeness (QED) is 0.793. The van der Waals surface area contributed by atoms with Crippen LogP contribution in [0.15, 0.2) is 60.8 Å². The van der Waals surface area contributed by atoms with Crippen LogP contribution in [0.5, 0.6) is 11.5 Å². The number of hydrogen-bond acceptors (Lipinski definition) is 4. The Bertz CT molecular complexity index is 882. The fourth-order valence-corrected chi connectivity index (χ4v) is 3.12. The van der Waals surface area contributed by atoms with Gasteiger partial charge in [0.25, 0.3) is 0 Å². The second-order valence-electron chi connectivity index (χ2n) is 6.05. The predicted octanol–water partition coefficient (Wildman–Crippen LogP) is 2.54. The third-order valence-corrected chi connectivity index (χ3v) is 4.35. The summed E-state index contributed by atoms with van der Waals surface area (Å²) in [6.07, 6.45) is 0. The van der Waals surface area contributed by atoms with E-state index in [1.165, 1.54) is 0 Å². The molecule has 1 fully saturated rings. The Kier molecular flexibility index (Phi) is 3.96. The highest BCUT2D eigenvalue weighted by Gasteiger charge is 2.38. The number of hydrogen-bond donors (Lipinski definition) is 3. The highest BCUT2D eigenvalue weighted by Crippen LogP contribution is 2.37. The number of rotatable bonds is 3. The minimum atomic E-state index is -0.687. The summed E-state index contributed by atoms with van der Waals surface area (Å²) in [4.78, 5) is 24.8. The van der Waals surface area contributed by atoms with Crippen LogP contribution in [0, 0.1) is 5.92 Å². The van der Waals surface area contributed by atoms with Crippen LogP contribution in [0.2, 0.25) is 0 Å². The van der Waals surface area contributed by atoms with Gasteiger partial charge in [-0.2, -0.15) is 0 Å². The normalized spacial score (nSPS) is 20.9. The minimum absolute atomic E-state index is 0.155. The van der Waals surface area contributed by atoms with Crippen LogP contribution < -0.4 is 25.4 Å². The molecule has 132 valence electrons. The van der Waals surface area contributed by atoms with Crippen molar-refractivity contribution in [3.63, 3.8) is 0 Å². The highest BCUT2D eigenvalue weighted by atomic mass is 16.7. The number of amides is 3. The van der Waals surface area contributed by atoms with Crippen LogP contribution in [0.25, 0.3) is 0 Å². The van der Waals surface area contributed by atoms with Gasteiger partial charge >= 0.3 is 6.03 Å². The fourth-order valence-electron chi connectivity index (χ4n) is 3.12. The van der Waals surface area contributed by atoms with Crippen molar-refractivity contribution in [3.8, 4) is 11.5 Å². The molecule has 3 N–H and O–H groups in total. The van der Waals surface area contributed by atoms with Crippen molar-refractivity contribution in [2.45, 2.75) is 6.04 Å². The van der Waals surface area contributed by atoms with Crippen LogP contribution in [0.1, 0.15) is 11.6 Å². The van der Waals surface area contributed by atoms with Crippen LogP contribution in [0.4, 0.5) is 10.5 Å². The molecule has 0 bridgehead atoms. The zero-order valence-corrected chi connectivity index (χ0v) is 13.8. The van der Waals surface area contributed by atoms with E-state index in [2.05, 4.69) is 22.5 Å². The van der Waals surface area contributed by atoms with E-state index in [0.29, 0.717) is 22.9 Å². The Morgan fingerprint density at radius 2 is 1.88 bits per heavy atom. The van der Waals surface area contributed by atoms with Crippen molar-refractivity contribution in [2.75, 3.05) is 12.1 Å². The maximum atomic E-state index is 12.9. The summed E-state index contributed by atoms with van der Waals surface area (Å²) in [6.45, 7) is 4.02. The third kappa shape index (κ3) is 2.95. The van der Waals surface area contributed by atoms with Gasteiger partial charge in [-0.25, -0.2) is 4.79 Å². The Morgan fingerprint density at radius 3 is 2.69 bits per heavy atom. The first-order chi connectivity index (χ1) is 12.6. The average molecular weight is 351 g/mol. The minimum Gasteiger partial charge on any atom is -0.454 e. The summed E-state index contributed by atoms with van der Waals surface area (Å²) < 4.78 is 10.7. The van der Waals surface area contributed by atoms with Gasteiger partial charge in [0.2, 0.25) is 12.7 Å². The van der Waals surface area contributed by atoms with Crippen molar-refractivity contribution >= 4 is 17.6 Å². The van der Waals surface area contributed by atoms with Gasteiger partial charge in [0, 0.05) is 11.4 Å². The van der Waals surface area contributed by atoms with E-state index in [0.717, 1.165) is 5.56 Å². The Labute approximate surface area is 150 Å². The number of anilines is 1. The van der Waals surface area contributed by atoms with Gasteiger partial charge in [0.15, 0.2) is 11.5 Å². The van der Waals surface area contributed by atoms with E-state index >= 15 is 0 Å². The molecule has 0 saturated carbocycles. The van der Waals surface area contributed by atoms with E-state index in [4.69, 9.17) is 9.47 Å². The first-order valence-electron chi connectivity index (χ1n) is 8.13. The summed E-state index contributed by atoms with van der Waals surface area (Å²) >= 11 is 0. The lowest BCUT2D eigenvalue weighted by Crippen LogP contribution is -2.51. The zero-order chi connectivity index (χ0) is 18.1. The summed E-state index contributed by atoms with van der Waals surface area (Å²) in [5.74, 6) is 0.269. The maximum Gasteiger partial charge on any atom is 0.319 e. The smallest absolute Gasteiger partial charge is 0.319 e. The van der Waals surface area contributed by atoms with Gasteiger partial charge in [0.05, 0.1) is 6.04 Å². The van der Waals surface area contributed by atoms with Crippen LogP contribution >= 0.6 is 0 Å². The number of carbonyl (C=O) groups is 2. The SMILES string of the molecule is C=C1NC(=O)NC(c2ccc3c(c2)OCO3)C1C(=O)Nc1ccccc1. The largest absolute Gasteiger partial charge is 0.454 e. The molecule has 2 aliphatic heterocycles. The van der Waals surface area contributed by atoms with Crippen LogP contribution in [0.3, 0.4) is 0 Å². The van der Waals surface area contributed by atoms with Gasteiger partial charge in [-0.05, 0) is 29.8 Å². The molecule has 1 saturated heterocycles. The molecule has 2 atom stereocenters. The molecule has 0 aromatic heterocycles. The molecule has 3 amide bonds. The topological polar surface area (TPSA) is 88.7 Å². The zero-order valence-electron chi connectivity index (χ0n) is 13.8. The molecule has 2 aromatic rings. The van der Waals surface area contributed by atoms with Crippen molar-refractivity contribution in [2.24, 2.45) is 5.92 Å². The van der Waals surface area contributed by atoms with Gasteiger partial charge in [0.1, 0.15) is 5.92 Å². The van der Waals surface area contributed by atoms with E-state index in [1.54, 1.807) is 30.3 Å². The lowest BCUT2D eigenvalue weighted by Gasteiger charge is -2.34.